The molecule has 12 heteroatoms. The van der Waals surface area contributed by atoms with Crippen LogP contribution in [0.2, 0.25) is 0 Å². The van der Waals surface area contributed by atoms with E-state index < -0.39 is 0 Å². The fourth-order valence-electron chi connectivity index (χ4n) is 1.16. The van der Waals surface area contributed by atoms with Crippen LogP contribution >= 0.6 is 23.3 Å². The van der Waals surface area contributed by atoms with Crippen molar-refractivity contribution in [2.45, 2.75) is 9.50 Å². The molecule has 3 N–H and O–H groups in total. The normalized spacial score (nSPS) is 10.6. The van der Waals surface area contributed by atoms with Gasteiger partial charge in [-0.3, -0.25) is 5.43 Å². The van der Waals surface area contributed by atoms with Crippen LogP contribution in [0.3, 0.4) is 0 Å². The van der Waals surface area contributed by atoms with E-state index in [2.05, 4.69) is 39.8 Å². The van der Waals surface area contributed by atoms with Crippen molar-refractivity contribution in [3.63, 3.8) is 0 Å². The second-order valence-electron chi connectivity index (χ2n) is 3.04. The number of hydrazine groups is 1. The molecule has 3 aromatic heterocycles. The lowest BCUT2D eigenvalue weighted by molar-refractivity contribution is 0.759. The van der Waals surface area contributed by atoms with Crippen LogP contribution in [-0.4, -0.2) is 39.1 Å². The highest BCUT2D eigenvalue weighted by Crippen LogP contribution is 2.25. The largest absolute Gasteiger partial charge is 0.292 e. The van der Waals surface area contributed by atoms with Crippen molar-refractivity contribution in [2.24, 2.45) is 5.84 Å². The third kappa shape index (κ3) is 2.64. The van der Waals surface area contributed by atoms with E-state index in [9.17, 15) is 0 Å². The number of rotatable bonds is 4. The van der Waals surface area contributed by atoms with Crippen molar-refractivity contribution in [3.8, 4) is 5.95 Å². The molecule has 0 aliphatic rings. The first-order chi connectivity index (χ1) is 9.35. The zero-order valence-electron chi connectivity index (χ0n) is 9.20. The van der Waals surface area contributed by atoms with Gasteiger partial charge in [-0.15, -0.1) is 0 Å². The number of nitrogens with two attached hydrogens (primary N) is 1. The number of aromatic nitrogens is 8. The summed E-state index contributed by atoms with van der Waals surface area (Å²) in [4.78, 5) is 20.3. The molecule has 0 saturated carbocycles. The van der Waals surface area contributed by atoms with E-state index in [-0.39, 0.29) is 5.95 Å². The Hall–Kier alpha value is -2.18. The van der Waals surface area contributed by atoms with Gasteiger partial charge in [-0.05, 0) is 23.3 Å². The van der Waals surface area contributed by atoms with Crippen molar-refractivity contribution in [1.29, 1.82) is 0 Å². The van der Waals surface area contributed by atoms with Crippen LogP contribution in [0.15, 0.2) is 28.5 Å². The maximum Gasteiger partial charge on any atom is 0.257 e. The Labute approximate surface area is 114 Å². The minimum absolute atomic E-state index is 0.229. The topological polar surface area (TPSA) is 133 Å². The number of nitrogen functional groups attached to an aromatic ring is 1. The first kappa shape index (κ1) is 11.9. The molecule has 10 nitrogen and oxygen atoms in total. The summed E-state index contributed by atoms with van der Waals surface area (Å²) in [5.41, 5.74) is 2.38. The summed E-state index contributed by atoms with van der Waals surface area (Å²) in [5.74, 6) is 5.87. The van der Waals surface area contributed by atoms with Crippen LogP contribution in [0.25, 0.3) is 5.95 Å². The van der Waals surface area contributed by atoms with Crippen LogP contribution in [0.5, 0.6) is 0 Å². The van der Waals surface area contributed by atoms with Crippen LogP contribution < -0.4 is 11.3 Å². The van der Waals surface area contributed by atoms with Crippen LogP contribution in [0, 0.1) is 0 Å². The van der Waals surface area contributed by atoms with Gasteiger partial charge in [-0.1, -0.05) is 0 Å². The van der Waals surface area contributed by atoms with Gasteiger partial charge in [0, 0.05) is 0 Å². The minimum Gasteiger partial charge on any atom is -0.292 e. The maximum absolute atomic E-state index is 5.33. The molecule has 0 bridgehead atoms. The highest BCUT2D eigenvalue weighted by molar-refractivity contribution is 8.00. The number of nitrogens with one attached hydrogen (secondary N) is 1. The smallest absolute Gasteiger partial charge is 0.257 e. The van der Waals surface area contributed by atoms with E-state index in [1.54, 1.807) is 0 Å². The van der Waals surface area contributed by atoms with Gasteiger partial charge in [0.15, 0.2) is 4.34 Å². The van der Waals surface area contributed by atoms with E-state index in [1.165, 1.54) is 47.0 Å². The van der Waals surface area contributed by atoms with Gasteiger partial charge in [0.1, 0.15) is 19.0 Å². The Bertz CT molecular complexity index is 651. The van der Waals surface area contributed by atoms with E-state index in [1.807, 2.05) is 0 Å². The van der Waals surface area contributed by atoms with Gasteiger partial charge in [-0.25, -0.2) is 15.8 Å². The summed E-state index contributed by atoms with van der Waals surface area (Å²) in [7, 11) is 0. The molecule has 3 aromatic rings. The van der Waals surface area contributed by atoms with Crippen molar-refractivity contribution in [2.75, 3.05) is 5.43 Å². The average molecular weight is 294 g/mol. The summed E-state index contributed by atoms with van der Waals surface area (Å²) < 4.78 is 6.03. The molecule has 0 amide bonds. The molecule has 0 aromatic carbocycles. The van der Waals surface area contributed by atoms with Crippen LogP contribution in [-0.2, 0) is 0 Å². The second kappa shape index (κ2) is 5.21. The number of anilines is 1. The van der Waals surface area contributed by atoms with Gasteiger partial charge in [0.05, 0.1) is 0 Å². The van der Waals surface area contributed by atoms with Crippen molar-refractivity contribution in [3.05, 3.63) is 19.0 Å². The molecule has 0 spiro atoms. The van der Waals surface area contributed by atoms with Crippen molar-refractivity contribution >= 4 is 29.2 Å². The summed E-state index contributed by atoms with van der Waals surface area (Å²) in [6.45, 7) is 0. The highest BCUT2D eigenvalue weighted by Gasteiger charge is 2.11. The van der Waals surface area contributed by atoms with Crippen molar-refractivity contribution in [1.82, 2.24) is 39.1 Å². The second-order valence-corrected chi connectivity index (χ2v) is 5.03. The Morgan fingerprint density at radius 3 is 2.89 bits per heavy atom. The number of hydrogen-bond acceptors (Lipinski definition) is 11. The number of hydrogen-bond donors (Lipinski definition) is 2. The molecule has 0 atom stereocenters. The van der Waals surface area contributed by atoms with Gasteiger partial charge in [0.25, 0.3) is 5.95 Å². The molecule has 3 heterocycles. The van der Waals surface area contributed by atoms with E-state index in [0.29, 0.717) is 11.1 Å². The fraction of sp³-hybridized carbons (Fsp3) is 0. The first-order valence-electron chi connectivity index (χ1n) is 4.87. The summed E-state index contributed by atoms with van der Waals surface area (Å²) >= 11 is 2.51. The van der Waals surface area contributed by atoms with Gasteiger partial charge in [0.2, 0.25) is 11.1 Å². The maximum atomic E-state index is 5.33. The Balaban J connectivity index is 1.98. The molecule has 19 heavy (non-hydrogen) atoms. The van der Waals surface area contributed by atoms with Gasteiger partial charge < -0.3 is 0 Å². The SMILES string of the molecule is NNc1nc(Sc2ncns2)nc(-n2cncn2)n1. The quantitative estimate of drug-likeness (QED) is 0.489. The van der Waals surface area contributed by atoms with E-state index in [0.717, 1.165) is 4.34 Å². The van der Waals surface area contributed by atoms with E-state index in [4.69, 9.17) is 5.84 Å². The molecule has 96 valence electrons. The lowest BCUT2D eigenvalue weighted by atomic mass is 10.8. The molecule has 0 radical (unpaired) electrons. The molecule has 0 aliphatic heterocycles. The Morgan fingerprint density at radius 1 is 1.26 bits per heavy atom. The predicted octanol–water partition coefficient (Wildman–Crippen LogP) is -0.259. The third-order valence-electron chi connectivity index (χ3n) is 1.88. The Morgan fingerprint density at radius 2 is 2.21 bits per heavy atom. The third-order valence-corrected chi connectivity index (χ3v) is 3.46. The molecule has 0 fully saturated rings. The number of nitrogens with zero attached hydrogens (tertiary/aromatic N) is 8. The fourth-order valence-corrected chi connectivity index (χ4v) is 2.45. The zero-order valence-corrected chi connectivity index (χ0v) is 10.8. The predicted molar refractivity (Wildman–Crippen MR) is 66.6 cm³/mol. The molecule has 0 aliphatic carbocycles. The molecular weight excluding hydrogens is 288 g/mol. The Kier molecular flexibility index (Phi) is 3.26. The summed E-state index contributed by atoms with van der Waals surface area (Å²) in [6, 6.07) is 0. The standard InChI is InChI=1S/C7H6N10S2/c8-16-4-13-5(17-3-9-1-11-17)15-6(14-4)18-7-10-2-12-19-7/h1-3H,8H2,(H,13,14,15,16). The molecule has 3 rings (SSSR count). The summed E-state index contributed by atoms with van der Waals surface area (Å²) in [6.07, 6.45) is 4.33. The molecular formula is C7H6N10S2. The monoisotopic (exact) mass is 294 g/mol. The average Bonchev–Trinajstić information content (AvgIpc) is 3.11. The lowest BCUT2D eigenvalue weighted by Crippen LogP contribution is -2.14. The van der Waals surface area contributed by atoms with Crippen molar-refractivity contribution < 1.29 is 0 Å². The molecule has 0 saturated heterocycles. The summed E-state index contributed by atoms with van der Waals surface area (Å²) in [5, 5.41) is 4.38. The van der Waals surface area contributed by atoms with Gasteiger partial charge >= 0.3 is 0 Å². The van der Waals surface area contributed by atoms with Crippen LogP contribution in [0.4, 0.5) is 5.95 Å². The van der Waals surface area contributed by atoms with E-state index >= 15 is 0 Å². The zero-order chi connectivity index (χ0) is 13.1. The minimum atomic E-state index is 0.229. The molecule has 0 unspecified atom stereocenters. The highest BCUT2D eigenvalue weighted by atomic mass is 32.2. The first-order valence-corrected chi connectivity index (χ1v) is 6.46. The van der Waals surface area contributed by atoms with Crippen LogP contribution in [0.1, 0.15) is 0 Å². The van der Waals surface area contributed by atoms with Gasteiger partial charge in [-0.2, -0.15) is 29.1 Å². The lowest BCUT2D eigenvalue weighted by Gasteiger charge is -2.04.